The number of anilines is 2. The van der Waals surface area contributed by atoms with E-state index in [4.69, 9.17) is 9.81 Å². The van der Waals surface area contributed by atoms with Crippen molar-refractivity contribution in [3.8, 4) is 6.07 Å². The van der Waals surface area contributed by atoms with Crippen LogP contribution in [0.4, 0.5) is 11.4 Å². The van der Waals surface area contributed by atoms with E-state index in [1.807, 2.05) is 19.1 Å². The highest BCUT2D eigenvalue weighted by molar-refractivity contribution is 9.10. The zero-order valence-electron chi connectivity index (χ0n) is 13.5. The lowest BCUT2D eigenvalue weighted by Crippen LogP contribution is -2.14. The van der Waals surface area contributed by atoms with E-state index in [2.05, 4.69) is 26.6 Å². The van der Waals surface area contributed by atoms with Crippen LogP contribution in [0.25, 0.3) is 0 Å². The first-order chi connectivity index (χ1) is 12.2. The third-order valence-corrected chi connectivity index (χ3v) is 5.07. The zero-order valence-corrected chi connectivity index (χ0v) is 15.9. The van der Waals surface area contributed by atoms with Gasteiger partial charge in [0.15, 0.2) is 0 Å². The summed E-state index contributed by atoms with van der Waals surface area (Å²) >= 11 is 3.39. The largest absolute Gasteiger partial charge is 0.360 e. The number of nitrogens with zero attached hydrogens (tertiary/aromatic N) is 1. The van der Waals surface area contributed by atoms with E-state index in [9.17, 15) is 13.2 Å². The number of nitrogens with one attached hydrogen (secondary N) is 2. The van der Waals surface area contributed by atoms with Gasteiger partial charge in [-0.2, -0.15) is 13.7 Å². The van der Waals surface area contributed by atoms with Crippen molar-refractivity contribution < 1.29 is 17.8 Å². The Morgan fingerprint density at radius 2 is 1.81 bits per heavy atom. The maximum atomic E-state index is 12.2. The number of carbonyl (C=O) groups excluding carboxylic acids is 1. The van der Waals surface area contributed by atoms with Crippen molar-refractivity contribution in [2.24, 2.45) is 0 Å². The van der Waals surface area contributed by atoms with E-state index in [0.29, 0.717) is 5.69 Å². The second-order valence-corrected chi connectivity index (χ2v) is 7.51. The van der Waals surface area contributed by atoms with Crippen LogP contribution in [0, 0.1) is 18.3 Å². The van der Waals surface area contributed by atoms with Crippen LogP contribution in [0.2, 0.25) is 0 Å². The summed E-state index contributed by atoms with van der Waals surface area (Å²) in [7, 11) is -4.30. The lowest BCUT2D eigenvalue weighted by atomic mass is 10.2. The van der Waals surface area contributed by atoms with Gasteiger partial charge in [-0.1, -0.05) is 15.9 Å². The highest BCUT2D eigenvalue weighted by Gasteiger charge is 2.12. The van der Waals surface area contributed by atoms with Crippen molar-refractivity contribution in [2.45, 2.75) is 11.8 Å². The minimum absolute atomic E-state index is 0.163. The summed E-state index contributed by atoms with van der Waals surface area (Å²) in [5.74, 6) is -0.659. The van der Waals surface area contributed by atoms with E-state index < -0.39 is 16.0 Å². The normalized spacial score (nSPS) is 11.5. The van der Waals surface area contributed by atoms with Crippen LogP contribution in [-0.4, -0.2) is 18.9 Å². The van der Waals surface area contributed by atoms with Gasteiger partial charge in [-0.05, 0) is 55.0 Å². The third-order valence-electron chi connectivity index (χ3n) is 3.32. The molecule has 0 heterocycles. The summed E-state index contributed by atoms with van der Waals surface area (Å²) in [5, 5.41) is 14.5. The first kappa shape index (κ1) is 19.7. The summed E-state index contributed by atoms with van der Waals surface area (Å²) in [6.07, 6.45) is 1.28. The molecule has 0 aliphatic carbocycles. The Morgan fingerprint density at radius 1 is 1.19 bits per heavy atom. The smallest absolute Gasteiger partial charge is 0.294 e. The second kappa shape index (κ2) is 8.14. The SMILES string of the molecule is Cc1cc(N/C=C(/C#N)C(=O)Nc2ccc(S(=O)(=O)O)cc2)ccc1Br. The molecule has 26 heavy (non-hydrogen) atoms. The maximum absolute atomic E-state index is 12.2. The van der Waals surface area contributed by atoms with Gasteiger partial charge in [-0.3, -0.25) is 9.35 Å². The molecular weight excluding hydrogens is 422 g/mol. The van der Waals surface area contributed by atoms with E-state index >= 15 is 0 Å². The van der Waals surface area contributed by atoms with Crippen LogP contribution >= 0.6 is 15.9 Å². The molecule has 0 spiro atoms. The molecule has 0 aromatic heterocycles. The van der Waals surface area contributed by atoms with Crippen LogP contribution in [0.15, 0.2) is 63.6 Å². The van der Waals surface area contributed by atoms with E-state index in [-0.39, 0.29) is 16.2 Å². The first-order valence-corrected chi connectivity index (χ1v) is 9.46. The molecule has 2 aromatic rings. The molecule has 0 bridgehead atoms. The topological polar surface area (TPSA) is 119 Å². The number of carbonyl (C=O) groups is 1. The molecule has 0 aliphatic rings. The highest BCUT2D eigenvalue weighted by atomic mass is 79.9. The van der Waals surface area contributed by atoms with Gasteiger partial charge in [-0.25, -0.2) is 0 Å². The molecule has 0 radical (unpaired) electrons. The van der Waals surface area contributed by atoms with Crippen LogP contribution in [-0.2, 0) is 14.9 Å². The number of aryl methyl sites for hydroxylation is 1. The predicted octanol–water partition coefficient (Wildman–Crippen LogP) is 3.46. The van der Waals surface area contributed by atoms with E-state index in [1.165, 1.54) is 18.3 Å². The highest BCUT2D eigenvalue weighted by Crippen LogP contribution is 2.20. The molecular formula is C17H14BrN3O4S. The van der Waals surface area contributed by atoms with Gasteiger partial charge < -0.3 is 10.6 Å². The van der Waals surface area contributed by atoms with Gasteiger partial charge in [0.1, 0.15) is 11.6 Å². The Morgan fingerprint density at radius 3 is 2.35 bits per heavy atom. The fraction of sp³-hybridized carbons (Fsp3) is 0.0588. The minimum atomic E-state index is -4.30. The number of hydrogen-bond donors (Lipinski definition) is 3. The van der Waals surface area contributed by atoms with E-state index in [1.54, 1.807) is 12.1 Å². The molecule has 0 saturated carbocycles. The fourth-order valence-corrected chi connectivity index (χ4v) is 2.67. The van der Waals surface area contributed by atoms with Crippen molar-refractivity contribution in [1.82, 2.24) is 0 Å². The van der Waals surface area contributed by atoms with Gasteiger partial charge in [-0.15, -0.1) is 0 Å². The Bertz CT molecular complexity index is 1010. The van der Waals surface area contributed by atoms with Crippen molar-refractivity contribution in [3.05, 3.63) is 64.3 Å². The van der Waals surface area contributed by atoms with Gasteiger partial charge >= 0.3 is 0 Å². The molecule has 0 saturated heterocycles. The molecule has 2 rings (SSSR count). The van der Waals surface area contributed by atoms with Gasteiger partial charge in [0, 0.05) is 22.0 Å². The van der Waals surface area contributed by atoms with Gasteiger partial charge in [0.05, 0.1) is 4.90 Å². The summed E-state index contributed by atoms with van der Waals surface area (Å²) in [6.45, 7) is 1.91. The zero-order chi connectivity index (χ0) is 19.3. The quantitative estimate of drug-likeness (QED) is 0.375. The molecule has 134 valence electrons. The van der Waals surface area contributed by atoms with Gasteiger partial charge in [0.25, 0.3) is 16.0 Å². The Kier molecular flexibility index (Phi) is 6.15. The summed E-state index contributed by atoms with van der Waals surface area (Å²) < 4.78 is 31.8. The number of amides is 1. The number of rotatable bonds is 5. The van der Waals surface area contributed by atoms with Gasteiger partial charge in [0.2, 0.25) is 0 Å². The van der Waals surface area contributed by atoms with Crippen molar-refractivity contribution in [1.29, 1.82) is 5.26 Å². The summed E-state index contributed by atoms with van der Waals surface area (Å²) in [5.41, 5.74) is 1.82. The summed E-state index contributed by atoms with van der Waals surface area (Å²) in [4.78, 5) is 11.9. The monoisotopic (exact) mass is 435 g/mol. The van der Waals surface area contributed by atoms with Crippen LogP contribution in [0.1, 0.15) is 5.56 Å². The Labute approximate surface area is 159 Å². The molecule has 9 heteroatoms. The number of benzene rings is 2. The molecule has 0 unspecified atom stereocenters. The number of hydrogen-bond acceptors (Lipinski definition) is 5. The van der Waals surface area contributed by atoms with Crippen LogP contribution in [0.5, 0.6) is 0 Å². The lowest BCUT2D eigenvalue weighted by molar-refractivity contribution is -0.112. The molecule has 0 fully saturated rings. The lowest BCUT2D eigenvalue weighted by Gasteiger charge is -2.07. The van der Waals surface area contributed by atoms with Crippen molar-refractivity contribution in [3.63, 3.8) is 0 Å². The summed E-state index contributed by atoms with van der Waals surface area (Å²) in [6, 6.07) is 12.2. The fourth-order valence-electron chi connectivity index (χ4n) is 1.95. The molecule has 3 N–H and O–H groups in total. The Hall–Kier alpha value is -2.67. The number of halogens is 1. The van der Waals surface area contributed by atoms with Crippen molar-refractivity contribution in [2.75, 3.05) is 10.6 Å². The average molecular weight is 436 g/mol. The third kappa shape index (κ3) is 5.16. The molecule has 2 aromatic carbocycles. The van der Waals surface area contributed by atoms with Crippen molar-refractivity contribution >= 4 is 43.3 Å². The minimum Gasteiger partial charge on any atom is -0.360 e. The standard InChI is InChI=1S/C17H14BrN3O4S/c1-11-8-14(4-7-16(11)18)20-10-12(9-19)17(22)21-13-2-5-15(6-3-13)26(23,24)25/h2-8,10,20H,1H3,(H,21,22)(H,23,24,25)/b12-10-. The molecule has 0 atom stereocenters. The predicted molar refractivity (Wildman–Crippen MR) is 101 cm³/mol. The maximum Gasteiger partial charge on any atom is 0.294 e. The average Bonchev–Trinajstić information content (AvgIpc) is 2.58. The molecule has 0 aliphatic heterocycles. The molecule has 7 nitrogen and oxygen atoms in total. The second-order valence-electron chi connectivity index (χ2n) is 5.23. The Balaban J connectivity index is 2.10. The molecule has 1 amide bonds. The number of nitriles is 1. The van der Waals surface area contributed by atoms with E-state index in [0.717, 1.165) is 22.2 Å². The van der Waals surface area contributed by atoms with Crippen LogP contribution in [0.3, 0.4) is 0 Å². The van der Waals surface area contributed by atoms with Crippen LogP contribution < -0.4 is 10.6 Å². The first-order valence-electron chi connectivity index (χ1n) is 7.22.